The van der Waals surface area contributed by atoms with Crippen LogP contribution in [0.3, 0.4) is 0 Å². The molecule has 1 aliphatic heterocycles. The van der Waals surface area contributed by atoms with Gasteiger partial charge in [-0.3, -0.25) is 4.90 Å². The Kier molecular flexibility index (Phi) is 6.38. The molecule has 5 rings (SSSR count). The van der Waals surface area contributed by atoms with Gasteiger partial charge in [-0.25, -0.2) is 9.07 Å². The van der Waals surface area contributed by atoms with Crippen LogP contribution in [-0.4, -0.2) is 46.1 Å². The second-order valence-electron chi connectivity index (χ2n) is 9.82. The van der Waals surface area contributed by atoms with Crippen LogP contribution in [0.25, 0.3) is 11.8 Å². The molecule has 6 heteroatoms. The average Bonchev–Trinajstić information content (AvgIpc) is 3.22. The van der Waals surface area contributed by atoms with Crippen LogP contribution in [0.2, 0.25) is 0 Å². The number of aliphatic hydroxyl groups is 1. The molecule has 5 nitrogen and oxygen atoms in total. The topological polar surface area (TPSA) is 50.5 Å². The molecule has 0 spiro atoms. The molecule has 0 bridgehead atoms. The Morgan fingerprint density at radius 3 is 2.62 bits per heavy atom. The summed E-state index contributed by atoms with van der Waals surface area (Å²) in [4.78, 5) is 2.39. The van der Waals surface area contributed by atoms with Gasteiger partial charge in [-0.2, -0.15) is 5.10 Å². The molecule has 2 atom stereocenters. The van der Waals surface area contributed by atoms with Crippen molar-refractivity contribution >= 4 is 6.08 Å². The number of ether oxygens (including phenoxy) is 1. The van der Waals surface area contributed by atoms with Crippen molar-refractivity contribution < 1.29 is 14.2 Å². The maximum Gasteiger partial charge on any atom is 0.123 e. The summed E-state index contributed by atoms with van der Waals surface area (Å²) in [7, 11) is 0. The van der Waals surface area contributed by atoms with Gasteiger partial charge in [0.1, 0.15) is 5.82 Å². The number of aliphatic hydroxyl groups excluding tert-OH is 1. The number of fused-ring (bicyclic) bond motifs is 1. The second kappa shape index (κ2) is 9.45. The first kappa shape index (κ1) is 23.0. The zero-order chi connectivity index (χ0) is 23.7. The molecule has 178 valence electrons. The maximum absolute atomic E-state index is 13.4. The highest BCUT2D eigenvalue weighted by Crippen LogP contribution is 2.45. The minimum absolute atomic E-state index is 0.185. The molecule has 0 radical (unpaired) electrons. The van der Waals surface area contributed by atoms with Crippen molar-refractivity contribution in [2.45, 2.75) is 39.3 Å². The lowest BCUT2D eigenvalue weighted by Gasteiger charge is -2.36. The zero-order valence-corrected chi connectivity index (χ0v) is 19.9. The van der Waals surface area contributed by atoms with Gasteiger partial charge in [-0.15, -0.1) is 0 Å². The Labute approximate surface area is 200 Å². The Morgan fingerprint density at radius 1 is 1.12 bits per heavy atom. The largest absolute Gasteiger partial charge is 0.388 e. The summed E-state index contributed by atoms with van der Waals surface area (Å²) in [6.07, 6.45) is 4.95. The first-order chi connectivity index (χ1) is 16.4. The highest BCUT2D eigenvalue weighted by molar-refractivity contribution is 5.60. The lowest BCUT2D eigenvalue weighted by molar-refractivity contribution is 0.0335. The second-order valence-corrected chi connectivity index (χ2v) is 9.82. The van der Waals surface area contributed by atoms with Crippen LogP contribution >= 0.6 is 0 Å². The van der Waals surface area contributed by atoms with E-state index in [1.807, 2.05) is 16.9 Å². The molecular formula is C28H32FN3O2. The molecule has 1 saturated heterocycles. The molecule has 1 N–H and O–H groups in total. The lowest BCUT2D eigenvalue weighted by Crippen LogP contribution is -2.36. The van der Waals surface area contributed by atoms with Gasteiger partial charge < -0.3 is 9.84 Å². The number of hydrogen-bond acceptors (Lipinski definition) is 4. The number of halogens is 1. The smallest absolute Gasteiger partial charge is 0.123 e. The average molecular weight is 462 g/mol. The predicted molar refractivity (Wildman–Crippen MR) is 131 cm³/mol. The minimum Gasteiger partial charge on any atom is -0.388 e. The number of nitrogens with zero attached hydrogens (tertiary/aromatic N) is 3. The van der Waals surface area contributed by atoms with E-state index in [9.17, 15) is 9.50 Å². The van der Waals surface area contributed by atoms with E-state index in [0.717, 1.165) is 61.8 Å². The molecule has 0 amide bonds. The van der Waals surface area contributed by atoms with Crippen molar-refractivity contribution in [3.8, 4) is 5.69 Å². The van der Waals surface area contributed by atoms with Crippen LogP contribution in [0.5, 0.6) is 0 Å². The van der Waals surface area contributed by atoms with Crippen LogP contribution in [0.4, 0.5) is 4.39 Å². The molecule has 34 heavy (non-hydrogen) atoms. The fourth-order valence-corrected chi connectivity index (χ4v) is 5.18. The Bertz CT molecular complexity index is 1180. The molecule has 1 unspecified atom stereocenters. The summed E-state index contributed by atoms with van der Waals surface area (Å²) in [5.41, 5.74) is 6.24. The third kappa shape index (κ3) is 4.58. The number of aromatic nitrogens is 2. The Morgan fingerprint density at radius 2 is 1.85 bits per heavy atom. The van der Waals surface area contributed by atoms with Gasteiger partial charge in [-0.05, 0) is 72.2 Å². The minimum atomic E-state index is -0.556. The number of benzene rings is 2. The lowest BCUT2D eigenvalue weighted by atomic mass is 9.69. The number of hydrogen-bond donors (Lipinski definition) is 1. The number of allylic oxidation sites excluding steroid dienone is 1. The summed E-state index contributed by atoms with van der Waals surface area (Å²) >= 11 is 0. The van der Waals surface area contributed by atoms with Gasteiger partial charge >= 0.3 is 0 Å². The van der Waals surface area contributed by atoms with Gasteiger partial charge in [-0.1, -0.05) is 36.8 Å². The van der Waals surface area contributed by atoms with Gasteiger partial charge in [0, 0.05) is 19.6 Å². The fourth-order valence-electron chi connectivity index (χ4n) is 5.18. The highest BCUT2D eigenvalue weighted by atomic mass is 19.1. The van der Waals surface area contributed by atoms with E-state index in [2.05, 4.69) is 48.1 Å². The highest BCUT2D eigenvalue weighted by Gasteiger charge is 2.35. The van der Waals surface area contributed by atoms with Crippen molar-refractivity contribution in [3.05, 3.63) is 88.5 Å². The van der Waals surface area contributed by atoms with Gasteiger partial charge in [0.15, 0.2) is 0 Å². The third-order valence-electron chi connectivity index (χ3n) is 7.40. The molecule has 1 aliphatic carbocycles. The molecule has 2 aromatic carbocycles. The van der Waals surface area contributed by atoms with E-state index in [1.54, 1.807) is 12.1 Å². The van der Waals surface area contributed by atoms with Crippen molar-refractivity contribution in [3.63, 3.8) is 0 Å². The first-order valence-electron chi connectivity index (χ1n) is 12.0. The monoisotopic (exact) mass is 461 g/mol. The summed E-state index contributed by atoms with van der Waals surface area (Å²) in [5, 5.41) is 16.0. The van der Waals surface area contributed by atoms with E-state index in [1.165, 1.54) is 23.3 Å². The number of rotatable bonds is 6. The molecule has 1 aromatic heterocycles. The van der Waals surface area contributed by atoms with Crippen LogP contribution in [0, 0.1) is 11.2 Å². The maximum atomic E-state index is 13.4. The molecular weight excluding hydrogens is 429 g/mol. The van der Waals surface area contributed by atoms with Gasteiger partial charge in [0.25, 0.3) is 0 Å². The molecule has 3 aromatic rings. The van der Waals surface area contributed by atoms with E-state index in [-0.39, 0.29) is 11.2 Å². The predicted octanol–water partition coefficient (Wildman–Crippen LogP) is 4.93. The van der Waals surface area contributed by atoms with Crippen LogP contribution in [0.15, 0.2) is 60.3 Å². The van der Waals surface area contributed by atoms with Gasteiger partial charge in [0.2, 0.25) is 0 Å². The van der Waals surface area contributed by atoms with Gasteiger partial charge in [0.05, 0.1) is 36.9 Å². The summed E-state index contributed by atoms with van der Waals surface area (Å²) in [6, 6.07) is 14.7. The summed E-state index contributed by atoms with van der Waals surface area (Å²) < 4.78 is 20.7. The van der Waals surface area contributed by atoms with Crippen molar-refractivity contribution in [1.29, 1.82) is 0 Å². The molecule has 0 saturated carbocycles. The van der Waals surface area contributed by atoms with Crippen LogP contribution in [0.1, 0.15) is 48.8 Å². The van der Waals surface area contributed by atoms with E-state index < -0.39 is 6.10 Å². The number of morpholine rings is 1. The zero-order valence-electron chi connectivity index (χ0n) is 19.9. The quantitative estimate of drug-likeness (QED) is 0.565. The fraction of sp³-hybridized carbons (Fsp3) is 0.393. The third-order valence-corrected chi connectivity index (χ3v) is 7.40. The standard InChI is InChI=1S/C28H32FN3O2/c1-20-15-26-22(18-30-32(26)24-9-7-23(29)8-10-24)16-28(20,2)17-27(33)25-6-4-3-5-21(25)19-31-11-13-34-14-12-31/h3-10,15,18,27,33H,11-14,16-17,19H2,1-2H3/t27?,28-/m1/s1. The van der Waals surface area contributed by atoms with Crippen LogP contribution in [-0.2, 0) is 17.7 Å². The van der Waals surface area contributed by atoms with Crippen molar-refractivity contribution in [2.75, 3.05) is 26.3 Å². The summed E-state index contributed by atoms with van der Waals surface area (Å²) in [6.45, 7) is 8.57. The SMILES string of the molecule is CC1=Cc2c(cnn2-c2ccc(F)cc2)C[C@]1(C)CC(O)c1ccccc1CN1CCOCC1. The Hall–Kier alpha value is -2.80. The van der Waals surface area contributed by atoms with Crippen LogP contribution < -0.4 is 0 Å². The van der Waals surface area contributed by atoms with E-state index >= 15 is 0 Å². The van der Waals surface area contributed by atoms with E-state index in [0.29, 0.717) is 6.42 Å². The first-order valence-corrected chi connectivity index (χ1v) is 12.0. The summed E-state index contributed by atoms with van der Waals surface area (Å²) in [5.74, 6) is -0.257. The molecule has 1 fully saturated rings. The molecule has 2 heterocycles. The Balaban J connectivity index is 1.36. The molecule has 2 aliphatic rings. The van der Waals surface area contributed by atoms with Crippen molar-refractivity contribution in [1.82, 2.24) is 14.7 Å². The van der Waals surface area contributed by atoms with Crippen molar-refractivity contribution in [2.24, 2.45) is 5.41 Å². The normalized spacial score (nSPS) is 21.7. The van der Waals surface area contributed by atoms with E-state index in [4.69, 9.17) is 4.74 Å².